The van der Waals surface area contributed by atoms with E-state index in [0.29, 0.717) is 11.8 Å². The molecule has 0 spiro atoms. The lowest BCUT2D eigenvalue weighted by Crippen LogP contribution is -2.21. The van der Waals surface area contributed by atoms with Gasteiger partial charge in [-0.25, -0.2) is 0 Å². The van der Waals surface area contributed by atoms with Crippen LogP contribution in [0.15, 0.2) is 18.2 Å². The van der Waals surface area contributed by atoms with Gasteiger partial charge < -0.3 is 10.1 Å². The van der Waals surface area contributed by atoms with Crippen LogP contribution < -0.4 is 5.32 Å². The van der Waals surface area contributed by atoms with Crippen molar-refractivity contribution in [2.45, 2.75) is 12.3 Å². The fourth-order valence-electron chi connectivity index (χ4n) is 2.15. The fraction of sp³-hybridized carbons (Fsp3) is 0.538. The van der Waals surface area contributed by atoms with Crippen molar-refractivity contribution in [1.82, 2.24) is 5.32 Å². The van der Waals surface area contributed by atoms with Gasteiger partial charge in [0.2, 0.25) is 0 Å². The third kappa shape index (κ3) is 3.35. The molecule has 1 aromatic carbocycles. The molecule has 0 saturated heterocycles. The highest BCUT2D eigenvalue weighted by atomic mass is 35.5. The maximum atomic E-state index is 6.19. The van der Waals surface area contributed by atoms with E-state index in [1.165, 1.54) is 6.42 Å². The zero-order chi connectivity index (χ0) is 12.3. The molecule has 1 aromatic rings. The number of methoxy groups -OCH3 is 1. The maximum Gasteiger partial charge on any atom is 0.0587 e. The molecule has 1 N–H and O–H groups in total. The Balaban J connectivity index is 1.85. The minimum absolute atomic E-state index is 0.520. The summed E-state index contributed by atoms with van der Waals surface area (Å²) >= 11 is 12.4. The Labute approximate surface area is 112 Å². The molecular formula is C13H17Cl2NO. The van der Waals surface area contributed by atoms with Crippen LogP contribution >= 0.6 is 23.2 Å². The normalized spacial score (nSPS) is 22.8. The summed E-state index contributed by atoms with van der Waals surface area (Å²) in [4.78, 5) is 0. The van der Waals surface area contributed by atoms with Gasteiger partial charge in [0.15, 0.2) is 0 Å². The molecule has 1 aliphatic carbocycles. The monoisotopic (exact) mass is 273 g/mol. The minimum atomic E-state index is 0.520. The van der Waals surface area contributed by atoms with Gasteiger partial charge in [-0.1, -0.05) is 29.3 Å². The zero-order valence-electron chi connectivity index (χ0n) is 9.88. The van der Waals surface area contributed by atoms with E-state index in [4.69, 9.17) is 27.9 Å². The molecule has 94 valence electrons. The van der Waals surface area contributed by atoms with Crippen molar-refractivity contribution in [3.05, 3.63) is 33.8 Å². The lowest BCUT2D eigenvalue weighted by Gasteiger charge is -2.07. The number of hydrogen-bond acceptors (Lipinski definition) is 2. The maximum absolute atomic E-state index is 6.19. The number of nitrogens with one attached hydrogen (secondary N) is 1. The van der Waals surface area contributed by atoms with E-state index in [0.717, 1.165) is 35.3 Å². The van der Waals surface area contributed by atoms with Crippen LogP contribution in [0.2, 0.25) is 10.0 Å². The molecule has 17 heavy (non-hydrogen) atoms. The first-order valence-corrected chi connectivity index (χ1v) is 6.63. The van der Waals surface area contributed by atoms with Gasteiger partial charge >= 0.3 is 0 Å². The van der Waals surface area contributed by atoms with E-state index in [1.807, 2.05) is 18.2 Å². The number of rotatable bonds is 6. The minimum Gasteiger partial charge on any atom is -0.383 e. The molecule has 1 aliphatic rings. The first-order valence-electron chi connectivity index (χ1n) is 5.87. The second-order valence-electron chi connectivity index (χ2n) is 4.43. The molecule has 0 radical (unpaired) electrons. The molecule has 1 fully saturated rings. The van der Waals surface area contributed by atoms with E-state index in [9.17, 15) is 0 Å². The van der Waals surface area contributed by atoms with Gasteiger partial charge in [0, 0.05) is 23.7 Å². The molecule has 2 rings (SSSR count). The Morgan fingerprint density at radius 2 is 2.06 bits per heavy atom. The van der Waals surface area contributed by atoms with E-state index in [2.05, 4.69) is 5.32 Å². The number of ether oxygens (including phenoxy) is 1. The molecule has 0 amide bonds. The van der Waals surface area contributed by atoms with E-state index in [-0.39, 0.29) is 0 Å². The largest absolute Gasteiger partial charge is 0.383 e. The van der Waals surface area contributed by atoms with Crippen LogP contribution in [0.3, 0.4) is 0 Å². The van der Waals surface area contributed by atoms with Crippen LogP contribution in [0.1, 0.15) is 17.9 Å². The van der Waals surface area contributed by atoms with Gasteiger partial charge in [0.25, 0.3) is 0 Å². The summed E-state index contributed by atoms with van der Waals surface area (Å²) in [5.41, 5.74) is 1.12. The molecule has 0 aliphatic heterocycles. The molecule has 0 aromatic heterocycles. The number of halogens is 2. The molecule has 2 nitrogen and oxygen atoms in total. The SMILES string of the molecule is COCCNCC1CC1c1c(Cl)cccc1Cl. The summed E-state index contributed by atoms with van der Waals surface area (Å²) < 4.78 is 4.99. The highest BCUT2D eigenvalue weighted by Gasteiger charge is 2.40. The molecule has 0 heterocycles. The van der Waals surface area contributed by atoms with Crippen molar-refractivity contribution in [3.63, 3.8) is 0 Å². The van der Waals surface area contributed by atoms with Crippen LogP contribution in [-0.2, 0) is 4.74 Å². The van der Waals surface area contributed by atoms with Gasteiger partial charge in [-0.05, 0) is 42.5 Å². The van der Waals surface area contributed by atoms with Gasteiger partial charge in [-0.3, -0.25) is 0 Å². The van der Waals surface area contributed by atoms with Crippen LogP contribution in [0.4, 0.5) is 0 Å². The first kappa shape index (κ1) is 13.2. The highest BCUT2D eigenvalue weighted by Crippen LogP contribution is 2.51. The summed E-state index contributed by atoms with van der Waals surface area (Å²) in [6.45, 7) is 2.66. The smallest absolute Gasteiger partial charge is 0.0587 e. The third-order valence-electron chi connectivity index (χ3n) is 3.18. The van der Waals surface area contributed by atoms with Crippen LogP contribution in [0.5, 0.6) is 0 Å². The van der Waals surface area contributed by atoms with Crippen LogP contribution in [0, 0.1) is 5.92 Å². The van der Waals surface area contributed by atoms with Gasteiger partial charge in [-0.2, -0.15) is 0 Å². The molecule has 1 saturated carbocycles. The highest BCUT2D eigenvalue weighted by molar-refractivity contribution is 6.36. The Morgan fingerprint density at radius 3 is 2.71 bits per heavy atom. The molecule has 2 atom stereocenters. The lowest BCUT2D eigenvalue weighted by molar-refractivity contribution is 0.199. The van der Waals surface area contributed by atoms with Crippen LogP contribution in [-0.4, -0.2) is 26.8 Å². The van der Waals surface area contributed by atoms with Crippen molar-refractivity contribution >= 4 is 23.2 Å². The lowest BCUT2D eigenvalue weighted by atomic mass is 10.1. The van der Waals surface area contributed by atoms with Crippen molar-refractivity contribution in [1.29, 1.82) is 0 Å². The Bertz CT molecular complexity index is 363. The van der Waals surface area contributed by atoms with E-state index >= 15 is 0 Å². The molecular weight excluding hydrogens is 257 g/mol. The average molecular weight is 274 g/mol. The van der Waals surface area contributed by atoms with Crippen LogP contribution in [0.25, 0.3) is 0 Å². The topological polar surface area (TPSA) is 21.3 Å². The standard InChI is InChI=1S/C13H17Cl2NO/c1-17-6-5-16-8-9-7-10(9)13-11(14)3-2-4-12(13)15/h2-4,9-10,16H,5-8H2,1H3. The summed E-state index contributed by atoms with van der Waals surface area (Å²) in [6.07, 6.45) is 1.17. The van der Waals surface area contributed by atoms with E-state index < -0.39 is 0 Å². The molecule has 2 unspecified atom stereocenters. The van der Waals surface area contributed by atoms with Gasteiger partial charge in [0.05, 0.1) is 6.61 Å². The van der Waals surface area contributed by atoms with Crippen molar-refractivity contribution in [2.75, 3.05) is 26.8 Å². The number of benzene rings is 1. The van der Waals surface area contributed by atoms with E-state index in [1.54, 1.807) is 7.11 Å². The molecule has 4 heteroatoms. The molecule has 0 bridgehead atoms. The van der Waals surface area contributed by atoms with Crippen molar-refractivity contribution in [2.24, 2.45) is 5.92 Å². The second kappa shape index (κ2) is 6.05. The third-order valence-corrected chi connectivity index (χ3v) is 3.84. The summed E-state index contributed by atoms with van der Waals surface area (Å²) in [6, 6.07) is 5.72. The Morgan fingerprint density at radius 1 is 1.35 bits per heavy atom. The second-order valence-corrected chi connectivity index (χ2v) is 5.25. The summed E-state index contributed by atoms with van der Waals surface area (Å²) in [7, 11) is 1.71. The first-order chi connectivity index (χ1) is 8.24. The number of hydrogen-bond donors (Lipinski definition) is 1. The Kier molecular flexibility index (Phi) is 4.69. The zero-order valence-corrected chi connectivity index (χ0v) is 11.4. The van der Waals surface area contributed by atoms with Crippen molar-refractivity contribution < 1.29 is 4.74 Å². The van der Waals surface area contributed by atoms with Crippen molar-refractivity contribution in [3.8, 4) is 0 Å². The quantitative estimate of drug-likeness (QED) is 0.803. The fourth-order valence-corrected chi connectivity index (χ4v) is 2.83. The predicted octanol–water partition coefficient (Wildman–Crippen LogP) is 3.33. The summed E-state index contributed by atoms with van der Waals surface area (Å²) in [5.74, 6) is 1.18. The van der Waals surface area contributed by atoms with Gasteiger partial charge in [-0.15, -0.1) is 0 Å². The predicted molar refractivity (Wildman–Crippen MR) is 72.1 cm³/mol. The average Bonchev–Trinajstić information content (AvgIpc) is 3.04. The Hall–Kier alpha value is -0.280. The van der Waals surface area contributed by atoms with Gasteiger partial charge in [0.1, 0.15) is 0 Å². The summed E-state index contributed by atoms with van der Waals surface area (Å²) in [5, 5.41) is 4.96.